The third-order valence-corrected chi connectivity index (χ3v) is 3.15. The van der Waals surface area contributed by atoms with Crippen molar-refractivity contribution in [2.24, 2.45) is 5.73 Å². The standard InChI is InChI=1S/C14H20N2OS/c1-4-16(10(2)3)14(17)12(13(15)18)11-8-6-5-7-9-11/h5-10,12H,4H2,1-3H3,(H2,15,18). The van der Waals surface area contributed by atoms with E-state index < -0.39 is 5.92 Å². The van der Waals surface area contributed by atoms with Crippen LogP contribution in [0.2, 0.25) is 0 Å². The fourth-order valence-electron chi connectivity index (χ4n) is 2.02. The lowest BCUT2D eigenvalue weighted by Gasteiger charge is -2.29. The molecule has 0 saturated heterocycles. The van der Waals surface area contributed by atoms with Gasteiger partial charge in [0, 0.05) is 12.6 Å². The molecular formula is C14H20N2OS. The van der Waals surface area contributed by atoms with Gasteiger partial charge in [0.15, 0.2) is 0 Å². The minimum absolute atomic E-state index is 0.0220. The van der Waals surface area contributed by atoms with Crippen molar-refractivity contribution in [3.63, 3.8) is 0 Å². The number of rotatable bonds is 5. The Morgan fingerprint density at radius 1 is 1.33 bits per heavy atom. The first-order valence-electron chi connectivity index (χ1n) is 6.13. The predicted molar refractivity (Wildman–Crippen MR) is 78.5 cm³/mol. The molecule has 0 bridgehead atoms. The Hall–Kier alpha value is -1.42. The highest BCUT2D eigenvalue weighted by Crippen LogP contribution is 2.20. The summed E-state index contributed by atoms with van der Waals surface area (Å²) in [7, 11) is 0. The molecule has 0 saturated carbocycles. The number of carbonyl (C=O) groups is 1. The molecule has 0 radical (unpaired) electrons. The molecule has 1 unspecified atom stereocenters. The van der Waals surface area contributed by atoms with Crippen molar-refractivity contribution in [1.29, 1.82) is 0 Å². The molecule has 1 aromatic carbocycles. The number of thiocarbonyl (C=S) groups is 1. The minimum atomic E-state index is -0.524. The van der Waals surface area contributed by atoms with Crippen LogP contribution >= 0.6 is 12.2 Å². The molecule has 4 heteroatoms. The molecule has 0 aliphatic carbocycles. The highest BCUT2D eigenvalue weighted by molar-refractivity contribution is 7.80. The Morgan fingerprint density at radius 2 is 1.89 bits per heavy atom. The summed E-state index contributed by atoms with van der Waals surface area (Å²) in [5.74, 6) is -0.547. The molecule has 3 nitrogen and oxygen atoms in total. The SMILES string of the molecule is CCN(C(=O)C(C(N)=S)c1ccccc1)C(C)C. The summed E-state index contributed by atoms with van der Waals surface area (Å²) in [6.45, 7) is 6.59. The number of nitrogens with zero attached hydrogens (tertiary/aromatic N) is 1. The monoisotopic (exact) mass is 264 g/mol. The number of hydrogen-bond acceptors (Lipinski definition) is 2. The van der Waals surface area contributed by atoms with Gasteiger partial charge in [-0.2, -0.15) is 0 Å². The van der Waals surface area contributed by atoms with Gasteiger partial charge in [-0.3, -0.25) is 4.79 Å². The average molecular weight is 264 g/mol. The van der Waals surface area contributed by atoms with E-state index >= 15 is 0 Å². The topological polar surface area (TPSA) is 46.3 Å². The second kappa shape index (κ2) is 6.50. The zero-order chi connectivity index (χ0) is 13.7. The summed E-state index contributed by atoms with van der Waals surface area (Å²) in [6.07, 6.45) is 0. The molecule has 1 atom stereocenters. The van der Waals surface area contributed by atoms with Crippen molar-refractivity contribution >= 4 is 23.1 Å². The zero-order valence-corrected chi connectivity index (χ0v) is 11.9. The Morgan fingerprint density at radius 3 is 2.28 bits per heavy atom. The Balaban J connectivity index is 3.07. The first-order valence-corrected chi connectivity index (χ1v) is 6.54. The Kier molecular flexibility index (Phi) is 5.28. The van der Waals surface area contributed by atoms with Crippen molar-refractivity contribution < 1.29 is 4.79 Å². The summed E-state index contributed by atoms with van der Waals surface area (Å²) in [5, 5.41) is 0. The van der Waals surface area contributed by atoms with Gasteiger partial charge in [0.2, 0.25) is 5.91 Å². The van der Waals surface area contributed by atoms with Gasteiger partial charge >= 0.3 is 0 Å². The van der Waals surface area contributed by atoms with Crippen LogP contribution in [-0.4, -0.2) is 28.4 Å². The maximum absolute atomic E-state index is 12.5. The van der Waals surface area contributed by atoms with E-state index in [0.29, 0.717) is 6.54 Å². The van der Waals surface area contributed by atoms with E-state index in [4.69, 9.17) is 18.0 Å². The van der Waals surface area contributed by atoms with Crippen LogP contribution in [0, 0.1) is 0 Å². The zero-order valence-electron chi connectivity index (χ0n) is 11.1. The normalized spacial score (nSPS) is 12.2. The van der Waals surface area contributed by atoms with Gasteiger partial charge in [0.25, 0.3) is 0 Å². The molecule has 1 amide bonds. The summed E-state index contributed by atoms with van der Waals surface area (Å²) in [5.41, 5.74) is 6.60. The van der Waals surface area contributed by atoms with E-state index in [9.17, 15) is 4.79 Å². The first-order chi connectivity index (χ1) is 8.49. The van der Waals surface area contributed by atoms with Crippen molar-refractivity contribution in [3.8, 4) is 0 Å². The van der Waals surface area contributed by atoms with E-state index in [0.717, 1.165) is 5.56 Å². The summed E-state index contributed by atoms with van der Waals surface area (Å²) in [4.78, 5) is 14.5. The van der Waals surface area contributed by atoms with Crippen LogP contribution < -0.4 is 5.73 Å². The molecule has 0 aliphatic rings. The molecule has 0 aromatic heterocycles. The van der Waals surface area contributed by atoms with E-state index in [2.05, 4.69) is 0 Å². The minimum Gasteiger partial charge on any atom is -0.392 e. The van der Waals surface area contributed by atoms with Gasteiger partial charge in [-0.15, -0.1) is 0 Å². The smallest absolute Gasteiger partial charge is 0.237 e. The summed E-state index contributed by atoms with van der Waals surface area (Å²) in [6, 6.07) is 9.60. The molecule has 1 aromatic rings. The van der Waals surface area contributed by atoms with Crippen molar-refractivity contribution in [1.82, 2.24) is 4.90 Å². The Labute approximate surface area is 114 Å². The molecule has 0 heterocycles. The quantitative estimate of drug-likeness (QED) is 0.830. The molecule has 0 fully saturated rings. The number of hydrogen-bond donors (Lipinski definition) is 1. The largest absolute Gasteiger partial charge is 0.392 e. The van der Waals surface area contributed by atoms with Gasteiger partial charge in [-0.05, 0) is 26.3 Å². The number of carbonyl (C=O) groups excluding carboxylic acids is 1. The molecule has 0 aliphatic heterocycles. The molecule has 2 N–H and O–H groups in total. The predicted octanol–water partition coefficient (Wildman–Crippen LogP) is 2.31. The average Bonchev–Trinajstić information content (AvgIpc) is 2.30. The number of nitrogens with two attached hydrogens (primary N) is 1. The fraction of sp³-hybridized carbons (Fsp3) is 0.429. The van der Waals surface area contributed by atoms with Crippen molar-refractivity contribution in [3.05, 3.63) is 35.9 Å². The van der Waals surface area contributed by atoms with E-state index in [-0.39, 0.29) is 16.9 Å². The second-order valence-corrected chi connectivity index (χ2v) is 4.94. The van der Waals surface area contributed by atoms with Gasteiger partial charge in [-0.1, -0.05) is 42.5 Å². The third-order valence-electron chi connectivity index (χ3n) is 2.91. The summed E-state index contributed by atoms with van der Waals surface area (Å²) < 4.78 is 0. The van der Waals surface area contributed by atoms with E-state index in [1.807, 2.05) is 51.1 Å². The molecule has 0 spiro atoms. The molecular weight excluding hydrogens is 244 g/mol. The number of likely N-dealkylation sites (N-methyl/N-ethyl adjacent to an activating group) is 1. The molecule has 98 valence electrons. The molecule has 1 rings (SSSR count). The van der Waals surface area contributed by atoms with Crippen LogP contribution in [0.4, 0.5) is 0 Å². The van der Waals surface area contributed by atoms with Crippen LogP contribution in [0.15, 0.2) is 30.3 Å². The van der Waals surface area contributed by atoms with Crippen molar-refractivity contribution in [2.45, 2.75) is 32.7 Å². The summed E-state index contributed by atoms with van der Waals surface area (Å²) >= 11 is 5.06. The highest BCUT2D eigenvalue weighted by Gasteiger charge is 2.28. The lowest BCUT2D eigenvalue weighted by Crippen LogP contribution is -2.43. The maximum Gasteiger partial charge on any atom is 0.237 e. The highest BCUT2D eigenvalue weighted by atomic mass is 32.1. The van der Waals surface area contributed by atoms with Gasteiger partial charge in [0.1, 0.15) is 5.92 Å². The molecule has 18 heavy (non-hydrogen) atoms. The van der Waals surface area contributed by atoms with Crippen LogP contribution in [0.25, 0.3) is 0 Å². The van der Waals surface area contributed by atoms with Crippen LogP contribution in [-0.2, 0) is 4.79 Å². The van der Waals surface area contributed by atoms with Crippen molar-refractivity contribution in [2.75, 3.05) is 6.54 Å². The van der Waals surface area contributed by atoms with Crippen LogP contribution in [0.1, 0.15) is 32.3 Å². The van der Waals surface area contributed by atoms with Gasteiger partial charge in [0.05, 0.1) is 4.99 Å². The second-order valence-electron chi connectivity index (χ2n) is 4.46. The fourth-order valence-corrected chi connectivity index (χ4v) is 2.25. The lowest BCUT2D eigenvalue weighted by atomic mass is 9.97. The van der Waals surface area contributed by atoms with Crippen LogP contribution in [0.5, 0.6) is 0 Å². The number of benzene rings is 1. The number of amides is 1. The third kappa shape index (κ3) is 3.29. The first kappa shape index (κ1) is 14.6. The maximum atomic E-state index is 12.5. The van der Waals surface area contributed by atoms with Gasteiger partial charge in [-0.25, -0.2) is 0 Å². The Bertz CT molecular complexity index is 417. The lowest BCUT2D eigenvalue weighted by molar-refractivity contribution is -0.132. The van der Waals surface area contributed by atoms with Crippen LogP contribution in [0.3, 0.4) is 0 Å². The van der Waals surface area contributed by atoms with Gasteiger partial charge < -0.3 is 10.6 Å². The van der Waals surface area contributed by atoms with E-state index in [1.54, 1.807) is 4.90 Å². The van der Waals surface area contributed by atoms with E-state index in [1.165, 1.54) is 0 Å².